The lowest BCUT2D eigenvalue weighted by Gasteiger charge is -2.41. The van der Waals surface area contributed by atoms with E-state index in [1.54, 1.807) is 0 Å². The van der Waals surface area contributed by atoms with Gasteiger partial charge in [-0.3, -0.25) is 0 Å². The van der Waals surface area contributed by atoms with Crippen LogP contribution in [0.15, 0.2) is 0 Å². The Morgan fingerprint density at radius 2 is 1.93 bits per heavy atom. The van der Waals surface area contributed by atoms with E-state index in [-0.39, 0.29) is 13.7 Å². The summed E-state index contributed by atoms with van der Waals surface area (Å²) in [5.41, 5.74) is 0. The summed E-state index contributed by atoms with van der Waals surface area (Å²) in [6, 6.07) is 0. The van der Waals surface area contributed by atoms with Crippen molar-refractivity contribution in [2.75, 3.05) is 27.9 Å². The van der Waals surface area contributed by atoms with Crippen LogP contribution in [0.4, 0.5) is 0 Å². The van der Waals surface area contributed by atoms with Gasteiger partial charge in [0.1, 0.15) is 24.4 Å². The van der Waals surface area contributed by atoms with Gasteiger partial charge in [-0.25, -0.2) is 0 Å². The van der Waals surface area contributed by atoms with E-state index in [9.17, 15) is 10.2 Å². The lowest BCUT2D eigenvalue weighted by atomic mass is 9.99. The Labute approximate surface area is 92.9 Å². The van der Waals surface area contributed by atoms with Gasteiger partial charge in [0.2, 0.25) is 0 Å². The average Bonchev–Trinajstić information content (AvgIpc) is 2.36. The van der Waals surface area contributed by atoms with Crippen LogP contribution >= 0.6 is 0 Å². The molecule has 0 aromatic heterocycles. The minimum atomic E-state index is -1.38. The first kappa shape index (κ1) is 8.86. The third-order valence-corrected chi connectivity index (χ3v) is 2.30. The Morgan fingerprint density at radius 1 is 1.20 bits per heavy atom. The first-order valence-corrected chi connectivity index (χ1v) is 4.36. The van der Waals surface area contributed by atoms with Crippen LogP contribution in [0.2, 0.25) is 0 Å². The van der Waals surface area contributed by atoms with Crippen molar-refractivity contribution in [1.29, 1.82) is 0 Å². The zero-order chi connectivity index (χ0) is 13.5. The molecule has 0 spiro atoms. The van der Waals surface area contributed by atoms with Crippen LogP contribution in [0.5, 0.6) is 0 Å². The highest BCUT2D eigenvalue weighted by Crippen LogP contribution is 2.23. The maximum absolute atomic E-state index is 9.97. The van der Waals surface area contributed by atoms with Gasteiger partial charge < -0.3 is 29.2 Å². The second-order valence-electron chi connectivity index (χ2n) is 3.19. The second-order valence-corrected chi connectivity index (χ2v) is 3.19. The molecule has 6 heteroatoms. The van der Waals surface area contributed by atoms with Gasteiger partial charge in [-0.15, -0.1) is 0 Å². The van der Waals surface area contributed by atoms with Crippen molar-refractivity contribution < 1.29 is 33.3 Å². The summed E-state index contributed by atoms with van der Waals surface area (Å²) in [5, 5.41) is 19.7. The van der Waals surface area contributed by atoms with Crippen molar-refractivity contribution in [1.82, 2.24) is 0 Å². The molecule has 0 aliphatic carbocycles. The first-order valence-electron chi connectivity index (χ1n) is 6.48. The van der Waals surface area contributed by atoms with Crippen molar-refractivity contribution in [2.24, 2.45) is 0 Å². The highest BCUT2D eigenvalue weighted by Gasteiger charge is 2.45. The van der Waals surface area contributed by atoms with Crippen LogP contribution in [-0.4, -0.2) is 68.8 Å². The molecule has 0 aromatic carbocycles. The highest BCUT2D eigenvalue weighted by atomic mass is 16.7. The molecule has 1 saturated heterocycles. The highest BCUT2D eigenvalue weighted by molar-refractivity contribution is 4.90. The number of methoxy groups -OCH3 is 3. The number of rotatable bonds is 4. The van der Waals surface area contributed by atoms with Crippen LogP contribution in [0, 0.1) is 0 Å². The minimum absolute atomic E-state index is 0.0762. The molecule has 1 aliphatic heterocycles. The maximum atomic E-state index is 9.97. The van der Waals surface area contributed by atoms with Crippen molar-refractivity contribution >= 4 is 0 Å². The number of aliphatic hydroxyl groups is 2. The van der Waals surface area contributed by atoms with E-state index in [0.717, 1.165) is 0 Å². The minimum Gasteiger partial charge on any atom is -0.387 e. The van der Waals surface area contributed by atoms with Crippen LogP contribution in [0.25, 0.3) is 0 Å². The summed E-state index contributed by atoms with van der Waals surface area (Å²) in [7, 11) is -1.14. The molecule has 5 atom stereocenters. The quantitative estimate of drug-likeness (QED) is 0.622. The Balaban J connectivity index is 2.69. The summed E-state index contributed by atoms with van der Waals surface area (Å²) in [5.74, 6) is 0. The normalized spacial score (nSPS) is 44.4. The molecule has 0 saturated carbocycles. The molecule has 0 bridgehead atoms. The Hall–Kier alpha value is -0.240. The van der Waals surface area contributed by atoms with E-state index in [2.05, 4.69) is 0 Å². The van der Waals surface area contributed by atoms with E-state index in [0.29, 0.717) is 0 Å². The predicted molar refractivity (Wildman–Crippen MR) is 50.4 cm³/mol. The Kier molecular flexibility index (Phi) is 3.39. The van der Waals surface area contributed by atoms with Crippen molar-refractivity contribution in [3.8, 4) is 0 Å². The largest absolute Gasteiger partial charge is 0.387 e. The molecule has 0 amide bonds. The monoisotopic (exact) mass is 225 g/mol. The molecule has 2 N–H and O–H groups in total. The number of ether oxygens (including phenoxy) is 4. The zero-order valence-corrected chi connectivity index (χ0v) is 8.24. The average molecular weight is 225 g/mol. The van der Waals surface area contributed by atoms with E-state index in [1.807, 2.05) is 0 Å². The number of hydrogen-bond acceptors (Lipinski definition) is 6. The van der Waals surface area contributed by atoms with Crippen molar-refractivity contribution in [2.45, 2.75) is 30.7 Å². The Bertz CT molecular complexity index is 234. The molecule has 90 valence electrons. The van der Waals surface area contributed by atoms with Crippen molar-refractivity contribution in [3.63, 3.8) is 0 Å². The summed E-state index contributed by atoms with van der Waals surface area (Å²) < 4.78 is 40.6. The summed E-state index contributed by atoms with van der Waals surface area (Å²) in [4.78, 5) is 0. The fourth-order valence-corrected chi connectivity index (χ4v) is 1.53. The molecule has 1 unspecified atom stereocenters. The van der Waals surface area contributed by atoms with E-state index >= 15 is 0 Å². The molecule has 6 nitrogen and oxygen atoms in total. The van der Waals surface area contributed by atoms with Gasteiger partial charge in [-0.05, 0) is 0 Å². The van der Waals surface area contributed by atoms with E-state index in [4.69, 9.17) is 23.1 Å². The van der Waals surface area contributed by atoms with Gasteiger partial charge in [-0.2, -0.15) is 0 Å². The number of hydrogen-bond donors (Lipinski definition) is 2. The molecule has 1 heterocycles. The van der Waals surface area contributed by atoms with Gasteiger partial charge in [0.25, 0.3) is 0 Å². The SMILES string of the molecule is [2H]COC[C@H]1OC(O)[C@@H](OC[2H])[C@@H](OC[2H])[C@@H]1O. The zero-order valence-electron chi connectivity index (χ0n) is 11.2. The fourth-order valence-electron chi connectivity index (χ4n) is 1.53. The second kappa shape index (κ2) is 5.74. The molecule has 1 aliphatic rings. The van der Waals surface area contributed by atoms with Crippen LogP contribution < -0.4 is 0 Å². The summed E-state index contributed by atoms with van der Waals surface area (Å²) >= 11 is 0. The molecule has 1 fully saturated rings. The standard InChI is InChI=1S/C9H18O6/c1-12-4-5-6(10)7(13-2)8(14-3)9(11)15-5/h5-11H,4H2,1-3H3/t5-,6-,7+,8+,9?/m1/s1/i1D,2D,3D. The summed E-state index contributed by atoms with van der Waals surface area (Å²) in [6.07, 6.45) is -5.42. The van der Waals surface area contributed by atoms with Crippen LogP contribution in [0.1, 0.15) is 4.11 Å². The Morgan fingerprint density at radius 3 is 2.60 bits per heavy atom. The lowest BCUT2D eigenvalue weighted by molar-refractivity contribution is -0.296. The first-order chi connectivity index (χ1) is 8.65. The fraction of sp³-hybridized carbons (Fsp3) is 1.00. The van der Waals surface area contributed by atoms with Crippen LogP contribution in [-0.2, 0) is 18.9 Å². The predicted octanol–water partition coefficient (Wildman–Crippen LogP) is -1.26. The van der Waals surface area contributed by atoms with E-state index in [1.165, 1.54) is 0 Å². The molecule has 0 radical (unpaired) electrons. The van der Waals surface area contributed by atoms with E-state index < -0.39 is 44.9 Å². The molecule has 15 heavy (non-hydrogen) atoms. The van der Waals surface area contributed by atoms with Crippen LogP contribution in [0.3, 0.4) is 0 Å². The van der Waals surface area contributed by atoms with Gasteiger partial charge >= 0.3 is 0 Å². The smallest absolute Gasteiger partial charge is 0.184 e. The van der Waals surface area contributed by atoms with Gasteiger partial charge in [0.15, 0.2) is 6.29 Å². The molecular weight excluding hydrogens is 204 g/mol. The topological polar surface area (TPSA) is 77.4 Å². The third-order valence-electron chi connectivity index (χ3n) is 2.30. The van der Waals surface area contributed by atoms with Gasteiger partial charge in [0.05, 0.1) is 10.7 Å². The number of aliphatic hydroxyl groups excluding tert-OH is 2. The molecule has 1 rings (SSSR count). The van der Waals surface area contributed by atoms with Crippen molar-refractivity contribution in [3.05, 3.63) is 0 Å². The maximum Gasteiger partial charge on any atom is 0.184 e. The third kappa shape index (κ3) is 2.66. The lowest BCUT2D eigenvalue weighted by Crippen LogP contribution is -2.59. The molecular formula is C9H18O6. The van der Waals surface area contributed by atoms with Gasteiger partial charge in [-0.1, -0.05) is 0 Å². The van der Waals surface area contributed by atoms with Gasteiger partial charge in [0, 0.05) is 21.3 Å². The molecule has 0 aromatic rings. The summed E-state index contributed by atoms with van der Waals surface area (Å²) in [6.45, 7) is -0.0762.